The summed E-state index contributed by atoms with van der Waals surface area (Å²) in [6.45, 7) is 10.5. The van der Waals surface area contributed by atoms with Crippen molar-refractivity contribution >= 4 is 27.9 Å². The van der Waals surface area contributed by atoms with Gasteiger partial charge >= 0.3 is 0 Å². The first kappa shape index (κ1) is 17.8. The molecule has 1 aromatic carbocycles. The molecule has 1 amide bonds. The second kappa shape index (κ2) is 8.89. The lowest BCUT2D eigenvalue weighted by Gasteiger charge is -2.33. The third kappa shape index (κ3) is 5.22. The minimum absolute atomic E-state index is 0.0469. The molecule has 1 aliphatic rings. The number of carbonyl (C=O) groups excluding carboxylic acids is 1. The number of rotatable bonds is 6. The van der Waals surface area contributed by atoms with Gasteiger partial charge in [-0.3, -0.25) is 9.69 Å². The topological polar surface area (TPSA) is 32.8 Å². The summed E-state index contributed by atoms with van der Waals surface area (Å²) in [7, 11) is 0. The Balaban J connectivity index is 1.99. The molecule has 0 atom stereocenters. The van der Waals surface area contributed by atoms with Crippen LogP contribution in [0.2, 0.25) is 0 Å². The average Bonchev–Trinajstić information content (AvgIpc) is 2.56. The lowest BCUT2D eigenvalue weighted by Crippen LogP contribution is -2.48. The lowest BCUT2D eigenvalue weighted by molar-refractivity contribution is -0.127. The summed E-state index contributed by atoms with van der Waals surface area (Å²) < 4.78 is 6.56. The molecular weight excluding hydrogens is 356 g/mol. The minimum Gasteiger partial charge on any atom is -0.493 e. The average molecular weight is 379 g/mol. The highest BCUT2D eigenvalue weighted by atomic mass is 79.9. The standard InChI is InChI=1S/C18H23BrN2O2/c1-3-9-20-10-12-21(13-11-20)18(22)8-5-15-14-16(19)6-7-17(15)23-4-2/h3,5-8,14H,1,4,9-13H2,2H3/b8-5+. The molecule has 0 unspecified atom stereocenters. The van der Waals surface area contributed by atoms with Crippen molar-refractivity contribution in [3.63, 3.8) is 0 Å². The summed E-state index contributed by atoms with van der Waals surface area (Å²) >= 11 is 3.45. The molecule has 23 heavy (non-hydrogen) atoms. The zero-order chi connectivity index (χ0) is 16.7. The van der Waals surface area contributed by atoms with Gasteiger partial charge in [0.05, 0.1) is 6.61 Å². The van der Waals surface area contributed by atoms with Crippen LogP contribution in [0, 0.1) is 0 Å². The summed E-state index contributed by atoms with van der Waals surface area (Å²) in [4.78, 5) is 16.5. The first-order chi connectivity index (χ1) is 11.1. The van der Waals surface area contributed by atoms with Crippen molar-refractivity contribution < 1.29 is 9.53 Å². The smallest absolute Gasteiger partial charge is 0.246 e. The molecular formula is C18H23BrN2O2. The maximum Gasteiger partial charge on any atom is 0.246 e. The van der Waals surface area contributed by atoms with E-state index in [-0.39, 0.29) is 5.91 Å². The maximum atomic E-state index is 12.3. The van der Waals surface area contributed by atoms with Crippen LogP contribution in [-0.4, -0.2) is 55.0 Å². The Morgan fingerprint density at radius 1 is 1.35 bits per heavy atom. The van der Waals surface area contributed by atoms with Crippen molar-refractivity contribution in [3.05, 3.63) is 47.0 Å². The Bertz CT molecular complexity index is 578. The van der Waals surface area contributed by atoms with E-state index in [4.69, 9.17) is 4.74 Å². The summed E-state index contributed by atoms with van der Waals surface area (Å²) in [5.74, 6) is 0.834. The Morgan fingerprint density at radius 3 is 2.74 bits per heavy atom. The molecule has 1 fully saturated rings. The monoisotopic (exact) mass is 378 g/mol. The molecule has 0 N–H and O–H groups in total. The Labute approximate surface area is 146 Å². The van der Waals surface area contributed by atoms with Crippen LogP contribution in [0.15, 0.2) is 41.4 Å². The first-order valence-electron chi connectivity index (χ1n) is 7.86. The summed E-state index contributed by atoms with van der Waals surface area (Å²) in [6, 6.07) is 5.80. The van der Waals surface area contributed by atoms with E-state index in [1.165, 1.54) is 0 Å². The number of benzene rings is 1. The second-order valence-corrected chi connectivity index (χ2v) is 6.28. The zero-order valence-corrected chi connectivity index (χ0v) is 15.1. The molecule has 0 saturated carbocycles. The minimum atomic E-state index is 0.0469. The number of amides is 1. The predicted molar refractivity (Wildman–Crippen MR) is 97.6 cm³/mol. The van der Waals surface area contributed by atoms with Gasteiger partial charge < -0.3 is 9.64 Å². The normalized spacial score (nSPS) is 15.8. The van der Waals surface area contributed by atoms with Crippen LogP contribution in [0.25, 0.3) is 6.08 Å². The fourth-order valence-corrected chi connectivity index (χ4v) is 2.92. The molecule has 1 heterocycles. The van der Waals surface area contributed by atoms with Crippen molar-refractivity contribution in [3.8, 4) is 5.75 Å². The fourth-order valence-electron chi connectivity index (χ4n) is 2.54. The summed E-state index contributed by atoms with van der Waals surface area (Å²) in [5.41, 5.74) is 0.903. The molecule has 0 aliphatic carbocycles. The molecule has 1 aromatic rings. The van der Waals surface area contributed by atoms with E-state index in [1.54, 1.807) is 6.08 Å². The molecule has 4 nitrogen and oxygen atoms in total. The van der Waals surface area contributed by atoms with Gasteiger partial charge in [0.2, 0.25) is 5.91 Å². The second-order valence-electron chi connectivity index (χ2n) is 5.36. The van der Waals surface area contributed by atoms with Gasteiger partial charge in [-0.15, -0.1) is 6.58 Å². The van der Waals surface area contributed by atoms with Crippen LogP contribution in [0.4, 0.5) is 0 Å². The van der Waals surface area contributed by atoms with Crippen molar-refractivity contribution in [1.29, 1.82) is 0 Å². The van der Waals surface area contributed by atoms with Gasteiger partial charge in [-0.25, -0.2) is 0 Å². The van der Waals surface area contributed by atoms with Crippen LogP contribution in [-0.2, 0) is 4.79 Å². The highest BCUT2D eigenvalue weighted by molar-refractivity contribution is 9.10. The van der Waals surface area contributed by atoms with Gasteiger partial charge in [0.1, 0.15) is 5.75 Å². The van der Waals surface area contributed by atoms with Crippen molar-refractivity contribution in [2.24, 2.45) is 0 Å². The van der Waals surface area contributed by atoms with E-state index < -0.39 is 0 Å². The highest BCUT2D eigenvalue weighted by Gasteiger charge is 2.18. The molecule has 0 bridgehead atoms. The fraction of sp³-hybridized carbons (Fsp3) is 0.389. The van der Waals surface area contributed by atoms with Crippen LogP contribution in [0.1, 0.15) is 12.5 Å². The number of carbonyl (C=O) groups is 1. The number of halogens is 1. The number of ether oxygens (including phenoxy) is 1. The highest BCUT2D eigenvalue weighted by Crippen LogP contribution is 2.24. The van der Waals surface area contributed by atoms with E-state index in [0.717, 1.165) is 48.5 Å². The van der Waals surface area contributed by atoms with Gasteiger partial charge in [0.25, 0.3) is 0 Å². The molecule has 124 valence electrons. The first-order valence-corrected chi connectivity index (χ1v) is 8.66. The molecule has 1 saturated heterocycles. The van der Waals surface area contributed by atoms with E-state index in [1.807, 2.05) is 42.2 Å². The van der Waals surface area contributed by atoms with Crippen molar-refractivity contribution in [1.82, 2.24) is 9.80 Å². The van der Waals surface area contributed by atoms with Crippen LogP contribution in [0.5, 0.6) is 5.75 Å². The Hall–Kier alpha value is -1.59. The zero-order valence-electron chi connectivity index (χ0n) is 13.5. The maximum absolute atomic E-state index is 12.3. The van der Waals surface area contributed by atoms with Gasteiger partial charge in [-0.05, 0) is 31.2 Å². The number of hydrogen-bond acceptors (Lipinski definition) is 3. The van der Waals surface area contributed by atoms with Crippen LogP contribution < -0.4 is 4.74 Å². The quantitative estimate of drug-likeness (QED) is 0.562. The van der Waals surface area contributed by atoms with Gasteiger partial charge in [-0.1, -0.05) is 22.0 Å². The van der Waals surface area contributed by atoms with Crippen LogP contribution >= 0.6 is 15.9 Å². The van der Waals surface area contributed by atoms with Gasteiger partial charge in [0.15, 0.2) is 0 Å². The van der Waals surface area contributed by atoms with Gasteiger partial charge in [0, 0.05) is 48.8 Å². The molecule has 0 radical (unpaired) electrons. The largest absolute Gasteiger partial charge is 0.493 e. The third-order valence-corrected chi connectivity index (χ3v) is 4.24. The van der Waals surface area contributed by atoms with Crippen molar-refractivity contribution in [2.45, 2.75) is 6.92 Å². The van der Waals surface area contributed by atoms with E-state index in [0.29, 0.717) is 6.61 Å². The predicted octanol–water partition coefficient (Wildman–Crippen LogP) is 3.19. The molecule has 5 heteroatoms. The Kier molecular flexibility index (Phi) is 6.86. The molecule has 2 rings (SSSR count). The molecule has 1 aliphatic heterocycles. The van der Waals surface area contributed by atoms with Gasteiger partial charge in [-0.2, -0.15) is 0 Å². The van der Waals surface area contributed by atoms with E-state index in [9.17, 15) is 4.79 Å². The van der Waals surface area contributed by atoms with E-state index >= 15 is 0 Å². The van der Waals surface area contributed by atoms with Crippen LogP contribution in [0.3, 0.4) is 0 Å². The lowest BCUT2D eigenvalue weighted by atomic mass is 10.2. The van der Waals surface area contributed by atoms with Crippen molar-refractivity contribution in [2.75, 3.05) is 39.3 Å². The molecule has 0 aromatic heterocycles. The third-order valence-electron chi connectivity index (χ3n) is 3.75. The number of hydrogen-bond donors (Lipinski definition) is 0. The Morgan fingerprint density at radius 2 is 2.09 bits per heavy atom. The number of piperazine rings is 1. The molecule has 0 spiro atoms. The van der Waals surface area contributed by atoms with E-state index in [2.05, 4.69) is 27.4 Å². The SMILES string of the molecule is C=CCN1CCN(C(=O)/C=C/c2cc(Br)ccc2OCC)CC1. The summed E-state index contributed by atoms with van der Waals surface area (Å²) in [5, 5.41) is 0. The number of nitrogens with zero attached hydrogens (tertiary/aromatic N) is 2. The summed E-state index contributed by atoms with van der Waals surface area (Å²) in [6.07, 6.45) is 5.36.